The molecular weight excluding hydrogens is 445 g/mol. The molecule has 0 radical (unpaired) electrons. The minimum absolute atomic E-state index is 0. The monoisotopic (exact) mass is 463 g/mol. The zero-order chi connectivity index (χ0) is 22.1. The molecule has 1 unspecified atom stereocenters. The van der Waals surface area contributed by atoms with Crippen molar-refractivity contribution < 1.29 is 68.3 Å². The summed E-state index contributed by atoms with van der Waals surface area (Å²) in [6, 6.07) is -1.27. The number of oxime groups is 1. The molecule has 2 aliphatic rings. The third-order valence-corrected chi connectivity index (χ3v) is 4.78. The summed E-state index contributed by atoms with van der Waals surface area (Å²) >= 11 is 1.08. The fourth-order valence-electron chi connectivity index (χ4n) is 2.73. The normalized spacial score (nSPS) is 23.5. The molecule has 31 heavy (non-hydrogen) atoms. The van der Waals surface area contributed by atoms with Crippen LogP contribution in [-0.4, -0.2) is 64.0 Å². The summed E-state index contributed by atoms with van der Waals surface area (Å²) in [6.45, 7) is 3.00. The van der Waals surface area contributed by atoms with Crippen molar-refractivity contribution in [2.24, 2.45) is 5.16 Å². The number of hydroxylamine groups is 2. The van der Waals surface area contributed by atoms with E-state index in [1.165, 1.54) is 5.38 Å². The van der Waals surface area contributed by atoms with Gasteiger partial charge in [0, 0.05) is 11.8 Å². The molecule has 3 heterocycles. The number of carboxylic acids is 1. The van der Waals surface area contributed by atoms with Crippen LogP contribution in [0.3, 0.4) is 0 Å². The molecule has 0 aromatic carbocycles. The molecule has 2 amide bonds. The van der Waals surface area contributed by atoms with Crippen LogP contribution in [0.1, 0.15) is 32.4 Å². The molecule has 1 aromatic rings. The number of amides is 2. The largest absolute Gasteiger partial charge is 1.00 e. The van der Waals surface area contributed by atoms with Crippen LogP contribution in [0.25, 0.3) is 0 Å². The average molecular weight is 463 g/mol. The number of aliphatic carboxylic acids is 1. The van der Waals surface area contributed by atoms with Gasteiger partial charge >= 0.3 is 35.5 Å². The molecule has 0 saturated carbocycles. The quantitative estimate of drug-likeness (QED) is 0.171. The number of nitrogen functional groups attached to an aromatic ring is 1. The van der Waals surface area contributed by atoms with Gasteiger partial charge in [-0.3, -0.25) is 19.2 Å². The van der Waals surface area contributed by atoms with E-state index >= 15 is 0 Å². The number of hydrogen-bond acceptors (Lipinski definition) is 12. The minimum Gasteiger partial charge on any atom is -0.544 e. The number of hydrogen-bond donors (Lipinski definition) is 2. The average Bonchev–Trinajstić information content (AvgIpc) is 3.36. The smallest absolute Gasteiger partial charge is 0.544 e. The van der Waals surface area contributed by atoms with E-state index in [9.17, 15) is 24.3 Å². The minimum atomic E-state index is -2.38. The standard InChI is InChI=1S/C16H19N5O8S.Na/c1-7(2)29-20-11(9-6-30-15(17)19-9)12(23)18-8-5-27-21(13(8)24)16(14(25)26)4-3-10(22)28-16;/h6-8H,3-5H2,1-2H3,(H2,17,19)(H,18,23)(H,25,26);/q;+1/p-1/b20-11-;/t8-,16?;/m0./s1. The first-order valence-corrected chi connectivity index (χ1v) is 9.68. The third-order valence-electron chi connectivity index (χ3n) is 4.11. The number of nitrogens with one attached hydrogen (secondary N) is 1. The van der Waals surface area contributed by atoms with E-state index < -0.39 is 42.1 Å². The van der Waals surface area contributed by atoms with Gasteiger partial charge in [-0.15, -0.1) is 11.3 Å². The molecule has 0 spiro atoms. The second-order valence-electron chi connectivity index (χ2n) is 6.67. The number of carbonyl (C=O) groups is 4. The molecule has 1 aromatic heterocycles. The molecule has 2 atom stereocenters. The van der Waals surface area contributed by atoms with Crippen LogP contribution in [0, 0.1) is 0 Å². The molecule has 13 nitrogen and oxygen atoms in total. The summed E-state index contributed by atoms with van der Waals surface area (Å²) in [4.78, 5) is 62.6. The Balaban J connectivity index is 0.00000341. The van der Waals surface area contributed by atoms with Gasteiger partial charge in [0.05, 0.1) is 6.42 Å². The molecule has 162 valence electrons. The first-order valence-electron chi connectivity index (χ1n) is 8.80. The van der Waals surface area contributed by atoms with Gasteiger partial charge in [0.2, 0.25) is 0 Å². The van der Waals surface area contributed by atoms with Gasteiger partial charge in [-0.2, -0.15) is 5.06 Å². The Bertz CT molecular complexity index is 922. The topological polar surface area (TPSA) is 186 Å². The molecule has 0 bridgehead atoms. The van der Waals surface area contributed by atoms with Crippen LogP contribution < -0.4 is 45.7 Å². The van der Waals surface area contributed by atoms with E-state index in [-0.39, 0.29) is 65.0 Å². The summed E-state index contributed by atoms with van der Waals surface area (Å²) in [5.41, 5.74) is 3.12. The summed E-state index contributed by atoms with van der Waals surface area (Å²) < 4.78 is 4.80. The van der Waals surface area contributed by atoms with Gasteiger partial charge in [-0.25, -0.2) is 4.98 Å². The van der Waals surface area contributed by atoms with Crippen molar-refractivity contribution >= 4 is 45.9 Å². The number of anilines is 1. The van der Waals surface area contributed by atoms with E-state index in [1.54, 1.807) is 13.8 Å². The maximum Gasteiger partial charge on any atom is 1.00 e. The Labute approximate surface area is 202 Å². The van der Waals surface area contributed by atoms with Gasteiger partial charge in [0.25, 0.3) is 17.5 Å². The second kappa shape index (κ2) is 9.91. The number of nitrogens with zero attached hydrogens (tertiary/aromatic N) is 3. The summed E-state index contributed by atoms with van der Waals surface area (Å²) in [7, 11) is 0. The van der Waals surface area contributed by atoms with Crippen molar-refractivity contribution in [3.05, 3.63) is 11.1 Å². The maximum absolute atomic E-state index is 12.7. The Kier molecular flexibility index (Phi) is 7.99. The van der Waals surface area contributed by atoms with Crippen molar-refractivity contribution in [3.8, 4) is 0 Å². The number of aromatic nitrogens is 1. The fraction of sp³-hybridized carbons (Fsp3) is 0.500. The predicted octanol–water partition coefficient (Wildman–Crippen LogP) is -5.10. The Morgan fingerprint density at radius 1 is 1.48 bits per heavy atom. The van der Waals surface area contributed by atoms with Crippen LogP contribution in [-0.2, 0) is 33.6 Å². The van der Waals surface area contributed by atoms with Gasteiger partial charge in [0.15, 0.2) is 10.8 Å². The van der Waals surface area contributed by atoms with Crippen LogP contribution in [0.2, 0.25) is 0 Å². The van der Waals surface area contributed by atoms with Crippen LogP contribution >= 0.6 is 11.3 Å². The molecule has 0 aliphatic carbocycles. The molecule has 2 aliphatic heterocycles. The van der Waals surface area contributed by atoms with E-state index in [2.05, 4.69) is 15.5 Å². The van der Waals surface area contributed by atoms with Crippen LogP contribution in [0.4, 0.5) is 5.13 Å². The number of thiazole rings is 1. The molecule has 2 fully saturated rings. The summed E-state index contributed by atoms with van der Waals surface area (Å²) in [5.74, 6) is -4.37. The number of ether oxygens (including phenoxy) is 1. The Morgan fingerprint density at radius 3 is 2.71 bits per heavy atom. The maximum atomic E-state index is 12.7. The zero-order valence-corrected chi connectivity index (χ0v) is 19.8. The van der Waals surface area contributed by atoms with Crippen molar-refractivity contribution in [2.45, 2.75) is 44.6 Å². The number of carboxylic acid groups (broad SMARTS) is 1. The predicted molar refractivity (Wildman–Crippen MR) is 97.1 cm³/mol. The SMILES string of the molecule is CC(C)O/N=C(\C(=O)N[C@H]1CON(C2(C(=O)[O-])CCC(=O)O2)C1=O)c1csc(N)n1.[Na+]. The number of carbonyl (C=O) groups excluding carboxylic acids is 4. The third kappa shape index (κ3) is 5.15. The molecule has 3 N–H and O–H groups in total. The van der Waals surface area contributed by atoms with Crippen molar-refractivity contribution in [1.29, 1.82) is 0 Å². The van der Waals surface area contributed by atoms with E-state index in [4.69, 9.17) is 20.1 Å². The van der Waals surface area contributed by atoms with Crippen molar-refractivity contribution in [2.75, 3.05) is 12.3 Å². The fourth-order valence-corrected chi connectivity index (χ4v) is 3.28. The Hall–Kier alpha value is -2.26. The van der Waals surface area contributed by atoms with Gasteiger partial charge < -0.3 is 30.5 Å². The van der Waals surface area contributed by atoms with E-state index in [0.29, 0.717) is 5.06 Å². The van der Waals surface area contributed by atoms with E-state index in [0.717, 1.165) is 11.3 Å². The van der Waals surface area contributed by atoms with Gasteiger partial charge in [-0.05, 0) is 13.8 Å². The summed E-state index contributed by atoms with van der Waals surface area (Å²) in [5, 5.41) is 19.8. The molecule has 15 heteroatoms. The first kappa shape index (κ1) is 25.0. The van der Waals surface area contributed by atoms with Crippen LogP contribution in [0.5, 0.6) is 0 Å². The van der Waals surface area contributed by atoms with E-state index in [1.807, 2.05) is 0 Å². The molecule has 2 saturated heterocycles. The van der Waals surface area contributed by atoms with Gasteiger partial charge in [-0.1, -0.05) is 5.16 Å². The number of cyclic esters (lactones) is 1. The zero-order valence-electron chi connectivity index (χ0n) is 16.9. The van der Waals surface area contributed by atoms with Crippen molar-refractivity contribution in [3.63, 3.8) is 0 Å². The van der Waals surface area contributed by atoms with Crippen LogP contribution in [0.15, 0.2) is 10.5 Å². The summed E-state index contributed by atoms with van der Waals surface area (Å²) in [6.07, 6.45) is -0.906. The second-order valence-corrected chi connectivity index (χ2v) is 7.56. The molecule has 3 rings (SSSR count). The van der Waals surface area contributed by atoms with Gasteiger partial charge in [0.1, 0.15) is 30.4 Å². The number of esters is 1. The van der Waals surface area contributed by atoms with Crippen molar-refractivity contribution in [1.82, 2.24) is 15.4 Å². The molecular formula is C16H18N5NaO8S. The number of nitrogens with two attached hydrogens (primary N) is 1. The number of rotatable bonds is 7. The Morgan fingerprint density at radius 2 is 2.19 bits per heavy atom. The first-order chi connectivity index (χ1) is 14.1.